The van der Waals surface area contributed by atoms with Gasteiger partial charge in [0.05, 0.1) is 18.2 Å². The third-order valence-corrected chi connectivity index (χ3v) is 2.99. The molecule has 1 amide bonds. The number of hydrogen-bond acceptors (Lipinski definition) is 4. The Morgan fingerprint density at radius 2 is 2.28 bits per heavy atom. The maximum absolute atomic E-state index is 11.6. The van der Waals surface area contributed by atoms with Crippen LogP contribution in [0.4, 0.5) is 0 Å². The molecule has 0 spiro atoms. The molecule has 1 saturated heterocycles. The van der Waals surface area contributed by atoms with E-state index in [9.17, 15) is 9.90 Å². The average molecular weight is 258 g/mol. The summed E-state index contributed by atoms with van der Waals surface area (Å²) in [4.78, 5) is 13.6. The molecule has 106 valence electrons. The highest BCUT2D eigenvalue weighted by atomic mass is 16.5. The Labute approximate surface area is 109 Å². The smallest absolute Gasteiger partial charge is 0.234 e. The van der Waals surface area contributed by atoms with E-state index < -0.39 is 5.60 Å². The van der Waals surface area contributed by atoms with Crippen molar-refractivity contribution in [1.29, 1.82) is 0 Å². The van der Waals surface area contributed by atoms with Crippen molar-refractivity contribution in [3.8, 4) is 0 Å². The second-order valence-corrected chi connectivity index (χ2v) is 5.58. The summed E-state index contributed by atoms with van der Waals surface area (Å²) in [7, 11) is 0. The fourth-order valence-electron chi connectivity index (χ4n) is 2.05. The van der Waals surface area contributed by atoms with Gasteiger partial charge in [-0.05, 0) is 33.6 Å². The summed E-state index contributed by atoms with van der Waals surface area (Å²) < 4.78 is 5.39. The van der Waals surface area contributed by atoms with Crippen LogP contribution in [0.3, 0.4) is 0 Å². The lowest BCUT2D eigenvalue weighted by Crippen LogP contribution is -2.38. The van der Waals surface area contributed by atoms with E-state index >= 15 is 0 Å². The van der Waals surface area contributed by atoms with Crippen LogP contribution in [0.1, 0.15) is 33.6 Å². The monoisotopic (exact) mass is 258 g/mol. The highest BCUT2D eigenvalue weighted by Crippen LogP contribution is 2.19. The zero-order valence-corrected chi connectivity index (χ0v) is 11.7. The van der Waals surface area contributed by atoms with Crippen molar-refractivity contribution in [2.75, 3.05) is 32.8 Å². The van der Waals surface area contributed by atoms with Gasteiger partial charge in [0.15, 0.2) is 0 Å². The molecule has 18 heavy (non-hydrogen) atoms. The second-order valence-electron chi connectivity index (χ2n) is 5.58. The minimum Gasteiger partial charge on any atom is -0.389 e. The van der Waals surface area contributed by atoms with Crippen molar-refractivity contribution in [2.24, 2.45) is 0 Å². The van der Waals surface area contributed by atoms with Gasteiger partial charge in [-0.25, -0.2) is 0 Å². The van der Waals surface area contributed by atoms with Gasteiger partial charge in [-0.3, -0.25) is 9.69 Å². The van der Waals surface area contributed by atoms with Gasteiger partial charge in [0.2, 0.25) is 5.91 Å². The molecule has 1 fully saturated rings. The Kier molecular flexibility index (Phi) is 6.05. The molecular formula is C13H26N2O3. The molecule has 1 atom stereocenters. The van der Waals surface area contributed by atoms with Crippen molar-refractivity contribution in [3.63, 3.8) is 0 Å². The van der Waals surface area contributed by atoms with E-state index in [2.05, 4.69) is 5.32 Å². The minimum absolute atomic E-state index is 0.0252. The third kappa shape index (κ3) is 6.33. The normalized spacial score (nSPS) is 24.7. The largest absolute Gasteiger partial charge is 0.389 e. The van der Waals surface area contributed by atoms with Crippen molar-refractivity contribution in [2.45, 2.75) is 45.3 Å². The number of carbonyl (C=O) groups excluding carboxylic acids is 1. The molecule has 1 aliphatic heterocycles. The first kappa shape index (κ1) is 15.4. The number of aliphatic hydroxyl groups is 1. The summed E-state index contributed by atoms with van der Waals surface area (Å²) in [5, 5.41) is 12.7. The predicted molar refractivity (Wildman–Crippen MR) is 70.4 cm³/mol. The number of ether oxygens (including phenoxy) is 1. The van der Waals surface area contributed by atoms with E-state index in [1.165, 1.54) is 0 Å². The van der Waals surface area contributed by atoms with Crippen LogP contribution in [0.5, 0.6) is 0 Å². The number of amides is 1. The number of hydrogen-bond donors (Lipinski definition) is 2. The molecule has 0 bridgehead atoms. The summed E-state index contributed by atoms with van der Waals surface area (Å²) in [6, 6.07) is 0. The zero-order chi connectivity index (χ0) is 13.6. The lowest BCUT2D eigenvalue weighted by molar-refractivity contribution is -0.122. The van der Waals surface area contributed by atoms with Crippen molar-refractivity contribution < 1.29 is 14.6 Å². The van der Waals surface area contributed by atoms with Gasteiger partial charge < -0.3 is 15.2 Å². The van der Waals surface area contributed by atoms with E-state index in [4.69, 9.17) is 4.74 Å². The molecule has 1 heterocycles. The van der Waals surface area contributed by atoms with Crippen molar-refractivity contribution in [3.05, 3.63) is 0 Å². The molecule has 0 aromatic rings. The highest BCUT2D eigenvalue weighted by Gasteiger charge is 2.31. The maximum atomic E-state index is 11.6. The first-order chi connectivity index (χ1) is 8.39. The summed E-state index contributed by atoms with van der Waals surface area (Å²) in [6.07, 6.45) is 1.82. The van der Waals surface area contributed by atoms with Crippen molar-refractivity contribution in [1.82, 2.24) is 10.2 Å². The average Bonchev–Trinajstić information content (AvgIpc) is 2.57. The van der Waals surface area contributed by atoms with Gasteiger partial charge in [0.25, 0.3) is 0 Å². The van der Waals surface area contributed by atoms with Crippen LogP contribution in [-0.4, -0.2) is 60.4 Å². The van der Waals surface area contributed by atoms with E-state index in [1.807, 2.05) is 25.7 Å². The molecule has 0 aliphatic carbocycles. The molecule has 0 aromatic carbocycles. The molecule has 0 radical (unpaired) electrons. The van der Waals surface area contributed by atoms with E-state index in [1.54, 1.807) is 0 Å². The fraction of sp³-hybridized carbons (Fsp3) is 0.923. The predicted octanol–water partition coefficient (Wildman–Crippen LogP) is 0.374. The van der Waals surface area contributed by atoms with E-state index in [0.717, 1.165) is 19.4 Å². The molecule has 0 saturated carbocycles. The highest BCUT2D eigenvalue weighted by molar-refractivity contribution is 5.78. The van der Waals surface area contributed by atoms with Crippen LogP contribution in [0.2, 0.25) is 0 Å². The van der Waals surface area contributed by atoms with Crippen LogP contribution >= 0.6 is 0 Å². The lowest BCUT2D eigenvalue weighted by Gasteiger charge is -2.18. The molecule has 1 aliphatic rings. The number of carbonyl (C=O) groups is 1. The van der Waals surface area contributed by atoms with Crippen LogP contribution in [0, 0.1) is 0 Å². The van der Waals surface area contributed by atoms with Crippen LogP contribution in [-0.2, 0) is 9.53 Å². The van der Waals surface area contributed by atoms with Gasteiger partial charge in [-0.2, -0.15) is 0 Å². The SMILES string of the molecule is CC(C)OCCCNC(=O)CN1CCC(C)(O)C1. The van der Waals surface area contributed by atoms with Gasteiger partial charge in [0, 0.05) is 26.2 Å². The molecule has 0 aromatic heterocycles. The van der Waals surface area contributed by atoms with Gasteiger partial charge in [-0.1, -0.05) is 0 Å². The Hall–Kier alpha value is -0.650. The van der Waals surface area contributed by atoms with Crippen molar-refractivity contribution >= 4 is 5.91 Å². The van der Waals surface area contributed by atoms with E-state index in [0.29, 0.717) is 26.2 Å². The van der Waals surface area contributed by atoms with Crippen LogP contribution < -0.4 is 5.32 Å². The van der Waals surface area contributed by atoms with Crippen LogP contribution in [0.25, 0.3) is 0 Å². The molecule has 5 nitrogen and oxygen atoms in total. The third-order valence-electron chi connectivity index (χ3n) is 2.99. The van der Waals surface area contributed by atoms with Gasteiger partial charge in [0.1, 0.15) is 0 Å². The number of rotatable bonds is 7. The Balaban J connectivity index is 2.04. The molecule has 1 rings (SSSR count). The number of β-amino-alcohol motifs (C(OH)–C–C–N with tert-alkyl or cyclic N) is 1. The van der Waals surface area contributed by atoms with Crippen LogP contribution in [0.15, 0.2) is 0 Å². The number of likely N-dealkylation sites (tertiary alicyclic amines) is 1. The van der Waals surface area contributed by atoms with E-state index in [-0.39, 0.29) is 12.0 Å². The zero-order valence-electron chi connectivity index (χ0n) is 11.7. The minimum atomic E-state index is -0.634. The lowest BCUT2D eigenvalue weighted by atomic mass is 10.1. The van der Waals surface area contributed by atoms with Gasteiger partial charge >= 0.3 is 0 Å². The molecular weight excluding hydrogens is 232 g/mol. The number of nitrogens with one attached hydrogen (secondary N) is 1. The first-order valence-electron chi connectivity index (χ1n) is 6.72. The fourth-order valence-corrected chi connectivity index (χ4v) is 2.05. The standard InChI is InChI=1S/C13H26N2O3/c1-11(2)18-8-4-6-14-12(16)9-15-7-5-13(3,17)10-15/h11,17H,4-10H2,1-3H3,(H,14,16). The summed E-state index contributed by atoms with van der Waals surface area (Å²) in [5.74, 6) is 0.0252. The number of nitrogens with zero attached hydrogens (tertiary/aromatic N) is 1. The molecule has 1 unspecified atom stereocenters. The second kappa shape index (κ2) is 7.07. The molecule has 2 N–H and O–H groups in total. The summed E-state index contributed by atoms with van der Waals surface area (Å²) in [5.41, 5.74) is -0.634. The Bertz CT molecular complexity index is 267. The first-order valence-corrected chi connectivity index (χ1v) is 6.72. The quantitative estimate of drug-likeness (QED) is 0.648. The maximum Gasteiger partial charge on any atom is 0.234 e. The topological polar surface area (TPSA) is 61.8 Å². The van der Waals surface area contributed by atoms with Gasteiger partial charge in [-0.15, -0.1) is 0 Å². The Morgan fingerprint density at radius 1 is 1.56 bits per heavy atom. The summed E-state index contributed by atoms with van der Waals surface area (Å²) >= 11 is 0. The molecule has 5 heteroatoms. The Morgan fingerprint density at radius 3 is 2.83 bits per heavy atom. The summed E-state index contributed by atoms with van der Waals surface area (Å²) in [6.45, 7) is 8.88.